The number of ether oxygens (including phenoxy) is 1. The van der Waals surface area contributed by atoms with Crippen LogP contribution < -0.4 is 25.2 Å². The van der Waals surface area contributed by atoms with Crippen molar-refractivity contribution in [2.45, 2.75) is 50.2 Å². The lowest BCUT2D eigenvalue weighted by Crippen LogP contribution is -2.54. The van der Waals surface area contributed by atoms with Gasteiger partial charge in [-0.05, 0) is 61.4 Å². The van der Waals surface area contributed by atoms with Gasteiger partial charge in [0.05, 0.1) is 40.9 Å². The Hall–Kier alpha value is -7.34. The number of hydrogen-bond donors (Lipinski definition) is 3. The molecule has 71 heavy (non-hydrogen) atoms. The van der Waals surface area contributed by atoms with Crippen LogP contribution in [-0.2, 0) is 14.4 Å². The van der Waals surface area contributed by atoms with Gasteiger partial charge >= 0.3 is 6.01 Å². The van der Waals surface area contributed by atoms with E-state index in [1.54, 1.807) is 18.2 Å². The number of aromatic nitrogens is 3. The molecule has 6 aliphatic heterocycles. The molecular formula is C51H51F2N11O7. The number of halogens is 2. The van der Waals surface area contributed by atoms with Gasteiger partial charge in [-0.2, -0.15) is 9.97 Å². The van der Waals surface area contributed by atoms with Crippen LogP contribution in [0.4, 0.5) is 20.3 Å². The Morgan fingerprint density at radius 1 is 0.873 bits per heavy atom. The van der Waals surface area contributed by atoms with Gasteiger partial charge in [-0.3, -0.25) is 49.0 Å². The number of phenols is 1. The van der Waals surface area contributed by atoms with Crippen molar-refractivity contribution in [2.75, 3.05) is 94.9 Å². The van der Waals surface area contributed by atoms with Gasteiger partial charge in [0.15, 0.2) is 5.82 Å². The number of aromatic hydroxyl groups is 1. The molecule has 3 unspecified atom stereocenters. The van der Waals surface area contributed by atoms with Crippen LogP contribution in [0.15, 0.2) is 48.7 Å². The average Bonchev–Trinajstić information content (AvgIpc) is 3.84. The normalized spacial score (nSPS) is 21.8. The van der Waals surface area contributed by atoms with Crippen LogP contribution in [0, 0.1) is 24.0 Å². The van der Waals surface area contributed by atoms with E-state index in [1.165, 1.54) is 30.5 Å². The number of hydrogen-bond acceptors (Lipinski definition) is 15. The molecule has 0 aliphatic carbocycles. The summed E-state index contributed by atoms with van der Waals surface area (Å²) in [6.45, 7) is 7.22. The van der Waals surface area contributed by atoms with Gasteiger partial charge in [-0.1, -0.05) is 18.1 Å². The molecule has 366 valence electrons. The first-order valence-electron chi connectivity index (χ1n) is 24.2. The van der Waals surface area contributed by atoms with Crippen molar-refractivity contribution in [3.05, 3.63) is 77.0 Å². The fourth-order valence-electron chi connectivity index (χ4n) is 11.1. The molecule has 0 radical (unpaired) electrons. The number of imide groups is 2. The number of piperazine rings is 3. The SMILES string of the molecule is C#Cc1c(F)ccc2cc(O)cc(-c3ncc4c(N5CC6CCC(C5)N6)nc(OCCCN5CCN(C(=O)CN6CCN(c7cccc8c7C(=O)N(C7CCC(=O)NC7=O)C8=O)CC6)CC5)nc4c3F)c12. The van der Waals surface area contributed by atoms with E-state index in [-0.39, 0.29) is 94.6 Å². The molecule has 2 aromatic heterocycles. The quantitative estimate of drug-likeness (QED) is 0.0993. The molecule has 3 atom stereocenters. The first kappa shape index (κ1) is 46.1. The number of phenolic OH excluding ortho intramolecular Hbond substituents is 1. The zero-order valence-electron chi connectivity index (χ0n) is 38.8. The largest absolute Gasteiger partial charge is 0.508 e. The summed E-state index contributed by atoms with van der Waals surface area (Å²) in [6.07, 6.45) is 10.0. The number of fused-ring (bicyclic) bond motifs is 5. The highest BCUT2D eigenvalue weighted by Gasteiger charge is 2.46. The topological polar surface area (TPSA) is 197 Å². The minimum absolute atomic E-state index is 0.00879. The number of amides is 5. The van der Waals surface area contributed by atoms with Crippen LogP contribution in [0.25, 0.3) is 32.9 Å². The standard InChI is InChI=1S/C51H51F2N11O7/c1-2-33-37(52)10-7-29-23-32(65)24-35(42(29)33)45-44(53)46-36(25-54-45)47(63-26-30-8-9-31(27-63)55-30)58-51(57-46)71-22-4-13-59-14-20-62(21-15-59)41(67)28-60-16-18-61(19-17-60)38-6-3-5-34-43(38)50(70)64(49(34)69)39-11-12-40(66)56-48(39)68/h1,3,5-7,10,23-25,30-31,39,55,65H,4,8-9,11-22,26-28H2,(H,56,66,68). The van der Waals surface area contributed by atoms with E-state index in [0.29, 0.717) is 101 Å². The fourth-order valence-corrected chi connectivity index (χ4v) is 11.1. The van der Waals surface area contributed by atoms with Gasteiger partial charge in [0, 0.05) is 108 Å². The monoisotopic (exact) mass is 967 g/mol. The van der Waals surface area contributed by atoms with Gasteiger partial charge in [-0.25, -0.2) is 8.78 Å². The van der Waals surface area contributed by atoms with Gasteiger partial charge in [0.1, 0.15) is 34.6 Å². The van der Waals surface area contributed by atoms with E-state index in [9.17, 15) is 33.5 Å². The molecule has 5 fully saturated rings. The van der Waals surface area contributed by atoms with Gasteiger partial charge in [-0.15, -0.1) is 6.42 Å². The highest BCUT2D eigenvalue weighted by Crippen LogP contribution is 2.40. The molecule has 3 N–H and O–H groups in total. The number of pyridine rings is 1. The Balaban J connectivity index is 0.701. The highest BCUT2D eigenvalue weighted by molar-refractivity contribution is 6.25. The molecule has 20 heteroatoms. The molecular weight excluding hydrogens is 917 g/mol. The zero-order chi connectivity index (χ0) is 49.1. The lowest BCUT2D eigenvalue weighted by Gasteiger charge is -2.39. The number of nitrogens with one attached hydrogen (secondary N) is 2. The lowest BCUT2D eigenvalue weighted by atomic mass is 9.96. The van der Waals surface area contributed by atoms with E-state index in [0.717, 1.165) is 17.7 Å². The van der Waals surface area contributed by atoms with Crippen LogP contribution in [-0.4, -0.2) is 172 Å². The Labute approximate surface area is 406 Å². The van der Waals surface area contributed by atoms with Gasteiger partial charge < -0.3 is 29.9 Å². The molecule has 2 bridgehead atoms. The maximum atomic E-state index is 17.0. The summed E-state index contributed by atoms with van der Waals surface area (Å²) in [4.78, 5) is 90.2. The van der Waals surface area contributed by atoms with E-state index in [4.69, 9.17) is 16.1 Å². The van der Waals surface area contributed by atoms with Crippen molar-refractivity contribution in [1.29, 1.82) is 0 Å². The third-order valence-corrected chi connectivity index (χ3v) is 14.7. The van der Waals surface area contributed by atoms with Gasteiger partial charge in [0.2, 0.25) is 17.7 Å². The molecule has 6 aliphatic rings. The number of terminal acetylenes is 1. The maximum Gasteiger partial charge on any atom is 0.319 e. The first-order chi connectivity index (χ1) is 34.4. The molecule has 11 rings (SSSR count). The summed E-state index contributed by atoms with van der Waals surface area (Å²) in [6, 6.07) is 10.0. The number of anilines is 2. The molecule has 18 nitrogen and oxygen atoms in total. The molecule has 0 saturated carbocycles. The van der Waals surface area contributed by atoms with E-state index >= 15 is 4.39 Å². The van der Waals surface area contributed by atoms with E-state index in [1.807, 2.05) is 9.80 Å². The number of piperidine rings is 1. The molecule has 5 saturated heterocycles. The van der Waals surface area contributed by atoms with Gasteiger partial charge in [0.25, 0.3) is 11.8 Å². The predicted octanol–water partition coefficient (Wildman–Crippen LogP) is 2.89. The second-order valence-corrected chi connectivity index (χ2v) is 19.0. The van der Waals surface area contributed by atoms with E-state index in [2.05, 4.69) is 41.2 Å². The Kier molecular flexibility index (Phi) is 12.2. The summed E-state index contributed by atoms with van der Waals surface area (Å²) in [7, 11) is 0. The van der Waals surface area contributed by atoms with E-state index < -0.39 is 41.3 Å². The van der Waals surface area contributed by atoms with Crippen molar-refractivity contribution in [3.63, 3.8) is 0 Å². The van der Waals surface area contributed by atoms with Crippen LogP contribution in [0.1, 0.15) is 58.4 Å². The zero-order valence-corrected chi connectivity index (χ0v) is 38.8. The molecule has 3 aromatic carbocycles. The van der Waals surface area contributed by atoms with Crippen molar-refractivity contribution >= 4 is 62.7 Å². The molecule has 5 aromatic rings. The third-order valence-electron chi connectivity index (χ3n) is 14.7. The molecule has 5 amide bonds. The van der Waals surface area contributed by atoms with Crippen molar-refractivity contribution in [3.8, 4) is 35.4 Å². The van der Waals surface area contributed by atoms with Crippen molar-refractivity contribution in [1.82, 2.24) is 45.2 Å². The summed E-state index contributed by atoms with van der Waals surface area (Å²) in [5.41, 5.74) is 0.993. The van der Waals surface area contributed by atoms with Crippen LogP contribution in [0.3, 0.4) is 0 Å². The lowest BCUT2D eigenvalue weighted by molar-refractivity contribution is -0.136. The minimum atomic E-state index is -1.04. The summed E-state index contributed by atoms with van der Waals surface area (Å²) in [5, 5.41) is 17.6. The maximum absolute atomic E-state index is 17.0. The van der Waals surface area contributed by atoms with Crippen LogP contribution in [0.5, 0.6) is 11.8 Å². The molecule has 0 spiro atoms. The Morgan fingerprint density at radius 3 is 2.38 bits per heavy atom. The second kappa shape index (κ2) is 18.8. The van der Waals surface area contributed by atoms with Crippen LogP contribution >= 0.6 is 0 Å². The summed E-state index contributed by atoms with van der Waals surface area (Å²) in [5.74, 6) is -0.842. The highest BCUT2D eigenvalue weighted by atomic mass is 19.1. The summed E-state index contributed by atoms with van der Waals surface area (Å²) >= 11 is 0. The average molecular weight is 968 g/mol. The smallest absolute Gasteiger partial charge is 0.319 e. The molecule has 8 heterocycles. The van der Waals surface area contributed by atoms with Crippen molar-refractivity contribution in [2.24, 2.45) is 0 Å². The van der Waals surface area contributed by atoms with Crippen LogP contribution in [0.2, 0.25) is 0 Å². The van der Waals surface area contributed by atoms with Crippen molar-refractivity contribution < 1.29 is 42.6 Å². The number of carbonyl (C=O) groups is 5. The minimum Gasteiger partial charge on any atom is -0.508 e. The number of carbonyl (C=O) groups excluding carboxylic acids is 5. The number of nitrogens with zero attached hydrogens (tertiary/aromatic N) is 9. The number of benzene rings is 3. The Bertz CT molecular complexity index is 3070. The number of rotatable bonds is 11. The third kappa shape index (κ3) is 8.61. The predicted molar refractivity (Wildman–Crippen MR) is 257 cm³/mol. The second-order valence-electron chi connectivity index (χ2n) is 19.0. The summed E-state index contributed by atoms with van der Waals surface area (Å²) < 4.78 is 38.1. The fraction of sp³-hybridized carbons (Fsp3) is 0.412. The first-order valence-corrected chi connectivity index (χ1v) is 24.2. The Morgan fingerprint density at radius 2 is 1.63 bits per heavy atom.